The summed E-state index contributed by atoms with van der Waals surface area (Å²) in [7, 11) is 0. The van der Waals surface area contributed by atoms with Crippen LogP contribution >= 0.6 is 0 Å². The number of aromatic nitrogens is 4. The van der Waals surface area contributed by atoms with E-state index in [1.807, 2.05) is 30.2 Å². The third-order valence-electron chi connectivity index (χ3n) is 6.00. The van der Waals surface area contributed by atoms with Crippen LogP contribution < -0.4 is 4.90 Å². The number of carbonyl (C=O) groups is 1. The first-order valence-corrected chi connectivity index (χ1v) is 10.6. The summed E-state index contributed by atoms with van der Waals surface area (Å²) in [5.74, 6) is 3.50. The van der Waals surface area contributed by atoms with E-state index in [0.717, 1.165) is 56.0 Å². The molecule has 1 saturated carbocycles. The summed E-state index contributed by atoms with van der Waals surface area (Å²) in [5.41, 5.74) is 0. The maximum Gasteiger partial charge on any atom is 0.222 e. The third-order valence-corrected chi connectivity index (χ3v) is 6.00. The van der Waals surface area contributed by atoms with Gasteiger partial charge in [0.25, 0.3) is 0 Å². The Kier molecular flexibility index (Phi) is 5.88. The SMILES string of the molecule is Cc1nc(N2CCN(C(=O)CCC3CCCCC3)CC2)cc(-n2cccn2)n1. The number of nitrogens with zero attached hydrogens (tertiary/aromatic N) is 6. The van der Waals surface area contributed by atoms with Crippen LogP contribution in [0.3, 0.4) is 0 Å². The van der Waals surface area contributed by atoms with Crippen molar-refractivity contribution in [1.29, 1.82) is 0 Å². The molecule has 2 aromatic rings. The predicted octanol–water partition coefficient (Wildman–Crippen LogP) is 2.98. The number of anilines is 1. The Morgan fingerprint density at radius 3 is 2.54 bits per heavy atom. The average molecular weight is 383 g/mol. The number of hydrogen-bond donors (Lipinski definition) is 0. The van der Waals surface area contributed by atoms with E-state index in [1.165, 1.54) is 32.1 Å². The third kappa shape index (κ3) is 4.51. The van der Waals surface area contributed by atoms with Gasteiger partial charge in [-0.1, -0.05) is 32.1 Å². The van der Waals surface area contributed by atoms with Gasteiger partial charge in [-0.3, -0.25) is 4.79 Å². The molecule has 3 heterocycles. The van der Waals surface area contributed by atoms with Gasteiger partial charge in [0, 0.05) is 51.1 Å². The first kappa shape index (κ1) is 18.9. The number of hydrogen-bond acceptors (Lipinski definition) is 5. The molecular weight excluding hydrogens is 352 g/mol. The molecule has 2 aromatic heterocycles. The minimum atomic E-state index is 0.321. The van der Waals surface area contributed by atoms with Crippen LogP contribution in [0.1, 0.15) is 50.8 Å². The molecule has 4 rings (SSSR count). The largest absolute Gasteiger partial charge is 0.353 e. The van der Waals surface area contributed by atoms with Crippen LogP contribution in [0.5, 0.6) is 0 Å². The fourth-order valence-corrected chi connectivity index (χ4v) is 4.37. The minimum Gasteiger partial charge on any atom is -0.353 e. The lowest BCUT2D eigenvalue weighted by Crippen LogP contribution is -2.49. The lowest BCUT2D eigenvalue weighted by molar-refractivity contribution is -0.131. The van der Waals surface area contributed by atoms with Gasteiger partial charge < -0.3 is 9.80 Å². The van der Waals surface area contributed by atoms with E-state index in [0.29, 0.717) is 12.3 Å². The molecule has 1 aliphatic carbocycles. The molecule has 0 spiro atoms. The molecule has 1 amide bonds. The zero-order valence-electron chi connectivity index (χ0n) is 16.8. The van der Waals surface area contributed by atoms with Crippen LogP contribution in [-0.4, -0.2) is 56.7 Å². The summed E-state index contributed by atoms with van der Waals surface area (Å²) < 4.78 is 1.75. The van der Waals surface area contributed by atoms with Gasteiger partial charge in [0.1, 0.15) is 11.6 Å². The highest BCUT2D eigenvalue weighted by atomic mass is 16.2. The van der Waals surface area contributed by atoms with Crippen LogP contribution in [-0.2, 0) is 4.79 Å². The number of piperazine rings is 1. The fourth-order valence-electron chi connectivity index (χ4n) is 4.37. The normalized spacial score (nSPS) is 18.5. The molecule has 0 N–H and O–H groups in total. The summed E-state index contributed by atoms with van der Waals surface area (Å²) in [4.78, 5) is 26.0. The van der Waals surface area contributed by atoms with Crippen molar-refractivity contribution in [3.63, 3.8) is 0 Å². The highest BCUT2D eigenvalue weighted by Crippen LogP contribution is 2.27. The van der Waals surface area contributed by atoms with Crippen LogP contribution in [0.15, 0.2) is 24.5 Å². The van der Waals surface area contributed by atoms with Gasteiger partial charge in [-0.25, -0.2) is 14.6 Å². The van der Waals surface area contributed by atoms with Crippen LogP contribution in [0.2, 0.25) is 0 Å². The van der Waals surface area contributed by atoms with E-state index in [-0.39, 0.29) is 0 Å². The molecule has 1 aliphatic heterocycles. The molecule has 0 aromatic carbocycles. The topological polar surface area (TPSA) is 67.2 Å². The van der Waals surface area contributed by atoms with Crippen LogP contribution in [0.25, 0.3) is 5.82 Å². The molecule has 0 unspecified atom stereocenters. The predicted molar refractivity (Wildman–Crippen MR) is 108 cm³/mol. The van der Waals surface area contributed by atoms with E-state index in [4.69, 9.17) is 0 Å². The van der Waals surface area contributed by atoms with Gasteiger partial charge in [0.2, 0.25) is 5.91 Å². The molecule has 7 heteroatoms. The molecule has 2 fully saturated rings. The number of amides is 1. The van der Waals surface area contributed by atoms with Crippen molar-refractivity contribution in [2.24, 2.45) is 5.92 Å². The average Bonchev–Trinajstić information content (AvgIpc) is 3.27. The Morgan fingerprint density at radius 1 is 1.07 bits per heavy atom. The summed E-state index contributed by atoms with van der Waals surface area (Å²) in [6.07, 6.45) is 12.1. The molecule has 28 heavy (non-hydrogen) atoms. The van der Waals surface area contributed by atoms with E-state index in [2.05, 4.69) is 20.0 Å². The smallest absolute Gasteiger partial charge is 0.222 e. The Labute approximate surface area is 166 Å². The first-order chi connectivity index (χ1) is 13.7. The van der Waals surface area contributed by atoms with Crippen molar-refractivity contribution in [2.45, 2.75) is 51.9 Å². The lowest BCUT2D eigenvalue weighted by atomic mass is 9.86. The van der Waals surface area contributed by atoms with Crippen LogP contribution in [0.4, 0.5) is 5.82 Å². The van der Waals surface area contributed by atoms with Gasteiger partial charge in [0.15, 0.2) is 5.82 Å². The first-order valence-electron chi connectivity index (χ1n) is 10.6. The fraction of sp³-hybridized carbons (Fsp3) is 0.619. The number of carbonyl (C=O) groups excluding carboxylic acids is 1. The molecule has 7 nitrogen and oxygen atoms in total. The Balaban J connectivity index is 1.32. The summed E-state index contributed by atoms with van der Waals surface area (Å²) in [5, 5.41) is 4.26. The molecule has 1 saturated heterocycles. The van der Waals surface area contributed by atoms with Crippen molar-refractivity contribution in [3.8, 4) is 5.82 Å². The van der Waals surface area contributed by atoms with E-state index >= 15 is 0 Å². The van der Waals surface area contributed by atoms with E-state index in [9.17, 15) is 4.79 Å². The zero-order chi connectivity index (χ0) is 19.3. The molecule has 0 bridgehead atoms. The van der Waals surface area contributed by atoms with Crippen molar-refractivity contribution in [1.82, 2.24) is 24.6 Å². The second kappa shape index (κ2) is 8.71. The minimum absolute atomic E-state index is 0.321. The van der Waals surface area contributed by atoms with E-state index in [1.54, 1.807) is 10.9 Å². The maximum atomic E-state index is 12.6. The van der Waals surface area contributed by atoms with Crippen molar-refractivity contribution < 1.29 is 4.79 Å². The van der Waals surface area contributed by atoms with Gasteiger partial charge >= 0.3 is 0 Å². The highest BCUT2D eigenvalue weighted by molar-refractivity contribution is 5.76. The molecule has 0 atom stereocenters. The zero-order valence-corrected chi connectivity index (χ0v) is 16.8. The summed E-state index contributed by atoms with van der Waals surface area (Å²) in [6.45, 7) is 5.06. The summed E-state index contributed by atoms with van der Waals surface area (Å²) in [6, 6.07) is 3.86. The van der Waals surface area contributed by atoms with Crippen molar-refractivity contribution in [3.05, 3.63) is 30.4 Å². The van der Waals surface area contributed by atoms with Gasteiger partial charge in [-0.2, -0.15) is 5.10 Å². The second-order valence-electron chi connectivity index (χ2n) is 7.99. The highest BCUT2D eigenvalue weighted by Gasteiger charge is 2.23. The maximum absolute atomic E-state index is 12.6. The van der Waals surface area contributed by atoms with Crippen molar-refractivity contribution >= 4 is 11.7 Å². The Morgan fingerprint density at radius 2 is 1.82 bits per heavy atom. The monoisotopic (exact) mass is 382 g/mol. The number of aryl methyl sites for hydroxylation is 1. The van der Waals surface area contributed by atoms with Gasteiger partial charge in [-0.15, -0.1) is 0 Å². The van der Waals surface area contributed by atoms with E-state index < -0.39 is 0 Å². The molecule has 0 radical (unpaired) electrons. The lowest BCUT2D eigenvalue weighted by Gasteiger charge is -2.36. The van der Waals surface area contributed by atoms with Gasteiger partial charge in [0.05, 0.1) is 0 Å². The summed E-state index contributed by atoms with van der Waals surface area (Å²) >= 11 is 0. The number of rotatable bonds is 5. The Hall–Kier alpha value is -2.44. The standard InChI is InChI=1S/C21H30N6O/c1-17-23-19(16-20(24-17)27-11-5-10-22-27)25-12-14-26(15-13-25)21(28)9-8-18-6-3-2-4-7-18/h5,10-11,16,18H,2-4,6-9,12-15H2,1H3. The Bertz CT molecular complexity index is 776. The molecule has 2 aliphatic rings. The second-order valence-corrected chi connectivity index (χ2v) is 7.99. The van der Waals surface area contributed by atoms with Crippen molar-refractivity contribution in [2.75, 3.05) is 31.1 Å². The molecule has 150 valence electrons. The van der Waals surface area contributed by atoms with Crippen LogP contribution in [0, 0.1) is 12.8 Å². The quantitative estimate of drug-likeness (QED) is 0.795. The molecular formula is C21H30N6O. The van der Waals surface area contributed by atoms with Gasteiger partial charge in [-0.05, 0) is 25.3 Å².